The first-order chi connectivity index (χ1) is 10.9. The molecule has 1 aromatic carbocycles. The Bertz CT molecular complexity index is 816. The van der Waals surface area contributed by atoms with Crippen LogP contribution in [0.25, 0.3) is 11.1 Å². The molecule has 2 nitrogen and oxygen atoms in total. The van der Waals surface area contributed by atoms with E-state index in [9.17, 15) is 4.79 Å². The van der Waals surface area contributed by atoms with Crippen molar-refractivity contribution in [3.63, 3.8) is 0 Å². The first-order valence-corrected chi connectivity index (χ1v) is 10.5. The van der Waals surface area contributed by atoms with Crippen molar-refractivity contribution in [2.75, 3.05) is 4.90 Å². The second kappa shape index (κ2) is 6.11. The first-order valence-electron chi connectivity index (χ1n) is 7.95. The smallest absolute Gasteiger partial charge is 0.227 e. The molecule has 0 unspecified atom stereocenters. The summed E-state index contributed by atoms with van der Waals surface area (Å²) < 4.78 is 0.936. The van der Waals surface area contributed by atoms with Gasteiger partial charge in [0.15, 0.2) is 0 Å². The van der Waals surface area contributed by atoms with Crippen molar-refractivity contribution < 1.29 is 4.79 Å². The summed E-state index contributed by atoms with van der Waals surface area (Å²) in [5, 5.41) is 0. The Labute approximate surface area is 150 Å². The van der Waals surface area contributed by atoms with Gasteiger partial charge in [0.05, 0.1) is 16.1 Å². The third kappa shape index (κ3) is 2.69. The van der Waals surface area contributed by atoms with E-state index in [2.05, 4.69) is 45.9 Å². The summed E-state index contributed by atoms with van der Waals surface area (Å²) in [7, 11) is 3.36. The number of benzene rings is 1. The van der Waals surface area contributed by atoms with Crippen LogP contribution in [0.3, 0.4) is 0 Å². The molecule has 2 heterocycles. The molecule has 0 aliphatic carbocycles. The van der Waals surface area contributed by atoms with E-state index in [-0.39, 0.29) is 11.4 Å². The summed E-state index contributed by atoms with van der Waals surface area (Å²) in [6.45, 7) is 8.48. The van der Waals surface area contributed by atoms with Gasteiger partial charge in [0.25, 0.3) is 0 Å². The zero-order chi connectivity index (χ0) is 16.8. The van der Waals surface area contributed by atoms with Gasteiger partial charge in [-0.05, 0) is 39.3 Å². The van der Waals surface area contributed by atoms with Crippen molar-refractivity contribution in [3.05, 3.63) is 32.5 Å². The van der Waals surface area contributed by atoms with Crippen LogP contribution in [0.4, 0.5) is 5.69 Å². The lowest BCUT2D eigenvalue weighted by molar-refractivity contribution is -0.119. The Morgan fingerprint density at radius 3 is 2.74 bits per heavy atom. The summed E-state index contributed by atoms with van der Waals surface area (Å²) in [4.78, 5) is 16.2. The van der Waals surface area contributed by atoms with E-state index in [0.29, 0.717) is 6.42 Å². The molecule has 1 aromatic heterocycles. The average molecular weight is 364 g/mol. The van der Waals surface area contributed by atoms with Gasteiger partial charge in [-0.1, -0.05) is 57.9 Å². The van der Waals surface area contributed by atoms with E-state index in [1.54, 1.807) is 20.7 Å². The Kier molecular flexibility index (Phi) is 4.47. The summed E-state index contributed by atoms with van der Waals surface area (Å²) >= 11 is 5.59. The highest BCUT2D eigenvalue weighted by atomic mass is 32.9. The minimum absolute atomic E-state index is 0.205. The van der Waals surface area contributed by atoms with Gasteiger partial charge in [-0.3, -0.25) is 4.79 Å². The van der Waals surface area contributed by atoms with Crippen molar-refractivity contribution in [3.8, 4) is 11.1 Å². The summed E-state index contributed by atoms with van der Waals surface area (Å²) in [5.74, 6) is 0.205. The van der Waals surface area contributed by atoms with Crippen molar-refractivity contribution in [2.24, 2.45) is 0 Å². The standard InChI is InChI=1S/C18H21NOS3/c1-5-6-7-14(20)19-13-9-8-11(2)10-12(13)15-16(18(19,3)4)22-23-17(15)21/h8-10H,5-7H2,1-4H3. The third-order valence-electron chi connectivity index (χ3n) is 4.40. The first kappa shape index (κ1) is 16.8. The van der Waals surface area contributed by atoms with Gasteiger partial charge in [0.2, 0.25) is 5.91 Å². The van der Waals surface area contributed by atoms with Gasteiger partial charge in [-0.2, -0.15) is 0 Å². The third-order valence-corrected chi connectivity index (χ3v) is 7.73. The minimum atomic E-state index is -0.347. The molecule has 2 aromatic rings. The highest BCUT2D eigenvalue weighted by Crippen LogP contribution is 2.52. The highest BCUT2D eigenvalue weighted by molar-refractivity contribution is 7.80. The van der Waals surface area contributed by atoms with Crippen LogP contribution in [0, 0.1) is 10.7 Å². The lowest BCUT2D eigenvalue weighted by atomic mass is 9.86. The van der Waals surface area contributed by atoms with E-state index in [1.807, 2.05) is 4.90 Å². The predicted octanol–water partition coefficient (Wildman–Crippen LogP) is 6.29. The monoisotopic (exact) mass is 363 g/mol. The topological polar surface area (TPSA) is 20.3 Å². The van der Waals surface area contributed by atoms with Crippen molar-refractivity contribution in [1.29, 1.82) is 0 Å². The molecule has 1 amide bonds. The van der Waals surface area contributed by atoms with Crippen LogP contribution < -0.4 is 4.90 Å². The zero-order valence-corrected chi connectivity index (χ0v) is 16.4. The molecular weight excluding hydrogens is 342 g/mol. The highest BCUT2D eigenvalue weighted by Gasteiger charge is 2.42. The molecule has 0 radical (unpaired) electrons. The Hall–Kier alpha value is -1.04. The summed E-state index contributed by atoms with van der Waals surface area (Å²) in [5.41, 5.74) is 4.14. The maximum absolute atomic E-state index is 12.9. The van der Waals surface area contributed by atoms with Gasteiger partial charge in [-0.15, -0.1) is 0 Å². The molecule has 122 valence electrons. The fraction of sp³-hybridized carbons (Fsp3) is 0.444. The normalized spacial score (nSPS) is 15.2. The number of nitrogens with zero attached hydrogens (tertiary/aromatic N) is 1. The lowest BCUT2D eigenvalue weighted by Gasteiger charge is -2.43. The Morgan fingerprint density at radius 2 is 2.04 bits per heavy atom. The quantitative estimate of drug-likeness (QED) is 0.472. The van der Waals surface area contributed by atoms with Crippen LogP contribution in [-0.4, -0.2) is 5.91 Å². The number of amides is 1. The van der Waals surface area contributed by atoms with Gasteiger partial charge < -0.3 is 4.90 Å². The average Bonchev–Trinajstić information content (AvgIpc) is 2.89. The number of carbonyl (C=O) groups excluding carboxylic acids is 1. The molecule has 23 heavy (non-hydrogen) atoms. The van der Waals surface area contributed by atoms with Crippen molar-refractivity contribution in [1.82, 2.24) is 0 Å². The molecular formula is C18H21NOS3. The molecule has 0 N–H and O–H groups in total. The van der Waals surface area contributed by atoms with Gasteiger partial charge in [0, 0.05) is 17.5 Å². The summed E-state index contributed by atoms with van der Waals surface area (Å²) in [6, 6.07) is 6.33. The van der Waals surface area contributed by atoms with E-state index in [0.717, 1.165) is 27.9 Å². The Balaban J connectivity index is 2.23. The molecule has 0 saturated heterocycles. The molecule has 0 bridgehead atoms. The molecule has 0 fully saturated rings. The number of carbonyl (C=O) groups is 1. The van der Waals surface area contributed by atoms with E-state index in [1.165, 1.54) is 16.0 Å². The molecule has 3 rings (SSSR count). The SMILES string of the molecule is CCCCC(=O)N1c2ccc(C)cc2-c2c(ssc2=S)C1(C)C. The van der Waals surface area contributed by atoms with Gasteiger partial charge >= 0.3 is 0 Å². The van der Waals surface area contributed by atoms with E-state index >= 15 is 0 Å². The van der Waals surface area contributed by atoms with Crippen LogP contribution in [-0.2, 0) is 10.3 Å². The van der Waals surface area contributed by atoms with Crippen LogP contribution >= 0.6 is 32.9 Å². The molecule has 5 heteroatoms. The Morgan fingerprint density at radius 1 is 1.30 bits per heavy atom. The molecule has 1 aliphatic heterocycles. The minimum Gasteiger partial charge on any atom is -0.301 e. The van der Waals surface area contributed by atoms with Crippen LogP contribution in [0.15, 0.2) is 18.2 Å². The second-order valence-electron chi connectivity index (χ2n) is 6.57. The number of anilines is 1. The number of fused-ring (bicyclic) bond motifs is 3. The zero-order valence-electron chi connectivity index (χ0n) is 13.9. The van der Waals surface area contributed by atoms with Gasteiger partial charge in [0.1, 0.15) is 3.82 Å². The maximum Gasteiger partial charge on any atom is 0.227 e. The van der Waals surface area contributed by atoms with Crippen LogP contribution in [0.1, 0.15) is 50.5 Å². The molecule has 0 atom stereocenters. The largest absolute Gasteiger partial charge is 0.301 e. The molecule has 1 aliphatic rings. The van der Waals surface area contributed by atoms with E-state index < -0.39 is 0 Å². The van der Waals surface area contributed by atoms with Crippen molar-refractivity contribution >= 4 is 44.5 Å². The fourth-order valence-electron chi connectivity index (χ4n) is 3.23. The predicted molar refractivity (Wildman–Crippen MR) is 103 cm³/mol. The summed E-state index contributed by atoms with van der Waals surface area (Å²) in [6.07, 6.45) is 2.56. The van der Waals surface area contributed by atoms with Crippen molar-refractivity contribution in [2.45, 2.75) is 52.5 Å². The lowest BCUT2D eigenvalue weighted by Crippen LogP contribution is -2.47. The number of rotatable bonds is 3. The van der Waals surface area contributed by atoms with Crippen LogP contribution in [0.5, 0.6) is 0 Å². The number of hydrogen-bond acceptors (Lipinski definition) is 4. The maximum atomic E-state index is 12.9. The van der Waals surface area contributed by atoms with Crippen LogP contribution in [0.2, 0.25) is 0 Å². The number of unbranched alkanes of at least 4 members (excludes halogenated alkanes) is 1. The van der Waals surface area contributed by atoms with E-state index in [4.69, 9.17) is 12.2 Å². The fourth-order valence-corrected chi connectivity index (χ4v) is 6.51. The second-order valence-corrected chi connectivity index (χ2v) is 9.39. The molecule has 0 spiro atoms. The number of aryl methyl sites for hydroxylation is 1. The number of hydrogen-bond donors (Lipinski definition) is 0. The van der Waals surface area contributed by atoms with Gasteiger partial charge in [-0.25, -0.2) is 0 Å². The molecule has 0 saturated carbocycles.